The van der Waals surface area contributed by atoms with Crippen LogP contribution < -0.4 is 31.8 Å². The van der Waals surface area contributed by atoms with Gasteiger partial charge in [-0.1, -0.05) is 109 Å². The maximum atomic E-state index is 3.00. The molecule has 0 fully saturated rings. The van der Waals surface area contributed by atoms with E-state index in [9.17, 15) is 0 Å². The van der Waals surface area contributed by atoms with E-state index in [1.54, 1.807) is 0 Å². The minimum Gasteiger partial charge on any atom is -0.0620 e. The van der Waals surface area contributed by atoms with Crippen molar-refractivity contribution in [2.75, 3.05) is 0 Å². The van der Waals surface area contributed by atoms with E-state index in [0.29, 0.717) is 0 Å². The molecule has 0 heterocycles. The van der Waals surface area contributed by atoms with Crippen LogP contribution in [-0.4, -0.2) is 0 Å². The van der Waals surface area contributed by atoms with E-state index >= 15 is 0 Å². The van der Waals surface area contributed by atoms with Crippen molar-refractivity contribution in [3.63, 3.8) is 0 Å². The summed E-state index contributed by atoms with van der Waals surface area (Å²) in [6.45, 7) is 0. The molecule has 0 aliphatic heterocycles. The number of hydrogen-bond acceptors (Lipinski definition) is 0. The van der Waals surface area contributed by atoms with Crippen molar-refractivity contribution in [2.24, 2.45) is 0 Å². The summed E-state index contributed by atoms with van der Waals surface area (Å²) in [7, 11) is -0.505. The summed E-state index contributed by atoms with van der Waals surface area (Å²) in [5.74, 6) is 0. The predicted molar refractivity (Wildman–Crippen MR) is 191 cm³/mol. The third kappa shape index (κ3) is 9.85. The van der Waals surface area contributed by atoms with Gasteiger partial charge in [0, 0.05) is 0 Å². The van der Waals surface area contributed by atoms with Crippen molar-refractivity contribution in [1.82, 2.24) is 0 Å². The quantitative estimate of drug-likeness (QED) is 0.120. The number of benzene rings is 6. The normalized spacial score (nSPS) is 10.3. The van der Waals surface area contributed by atoms with Gasteiger partial charge in [0.15, 0.2) is 0 Å². The first-order valence-electron chi connectivity index (χ1n) is 13.2. The molecule has 6 aromatic carbocycles. The van der Waals surface area contributed by atoms with Gasteiger partial charge in [-0.05, 0) is 72.8 Å². The summed E-state index contributed by atoms with van der Waals surface area (Å²) in [6, 6.07) is 65.0. The van der Waals surface area contributed by atoms with E-state index < -0.39 is 15.8 Å². The van der Waals surface area contributed by atoms with Crippen molar-refractivity contribution < 1.29 is 10.9 Å². The molecular formula is C36H32Br2NiP2+2. The van der Waals surface area contributed by atoms with E-state index in [-0.39, 0.29) is 0 Å². The van der Waals surface area contributed by atoms with Crippen LogP contribution in [0.1, 0.15) is 0 Å². The Hall–Kier alpha value is -2.37. The maximum Gasteiger partial charge on any atom is 0.102 e. The van der Waals surface area contributed by atoms with E-state index in [1.165, 1.54) is 42.7 Å². The van der Waals surface area contributed by atoms with E-state index in [2.05, 4.69) is 210 Å². The van der Waals surface area contributed by atoms with Crippen molar-refractivity contribution in [3.05, 3.63) is 182 Å². The van der Waals surface area contributed by atoms with E-state index in [4.69, 9.17) is 0 Å². The predicted octanol–water partition coefficient (Wildman–Crippen LogP) is 8.04. The van der Waals surface area contributed by atoms with Crippen LogP contribution in [0.25, 0.3) is 0 Å². The molecule has 0 amide bonds. The SMILES string of the molecule is [Br][Ni][Br].c1ccc([PH+](c2ccccc2)c2ccccc2)cc1.c1ccc([PH+](c2ccccc2)c2ccccc2)cc1. The van der Waals surface area contributed by atoms with Crippen molar-refractivity contribution in [2.45, 2.75) is 0 Å². The van der Waals surface area contributed by atoms with Crippen LogP contribution in [0.15, 0.2) is 182 Å². The molecular weight excluding hydrogens is 713 g/mol. The molecule has 208 valence electrons. The first-order chi connectivity index (χ1) is 20.3. The van der Waals surface area contributed by atoms with Crippen molar-refractivity contribution >= 4 is 76.1 Å². The minimum absolute atomic E-state index is 0.877. The van der Waals surface area contributed by atoms with Crippen LogP contribution in [0.3, 0.4) is 0 Å². The summed E-state index contributed by atoms with van der Waals surface area (Å²) in [6.07, 6.45) is 0. The van der Waals surface area contributed by atoms with Crippen LogP contribution in [0, 0.1) is 0 Å². The van der Waals surface area contributed by atoms with Gasteiger partial charge < -0.3 is 0 Å². The second-order valence-corrected chi connectivity index (χ2v) is 18.9. The molecule has 0 aromatic heterocycles. The van der Waals surface area contributed by atoms with Crippen molar-refractivity contribution in [1.29, 1.82) is 0 Å². The van der Waals surface area contributed by atoms with E-state index in [0.717, 1.165) is 0 Å². The summed E-state index contributed by atoms with van der Waals surface area (Å²) < 4.78 is 0. The molecule has 0 saturated heterocycles. The molecule has 0 radical (unpaired) electrons. The summed E-state index contributed by atoms with van der Waals surface area (Å²) >= 11 is 6.00. The van der Waals surface area contributed by atoms with Crippen LogP contribution in [-0.2, 0) is 10.9 Å². The van der Waals surface area contributed by atoms with Gasteiger partial charge in [0.25, 0.3) is 0 Å². The van der Waals surface area contributed by atoms with Crippen LogP contribution in [0.4, 0.5) is 0 Å². The topological polar surface area (TPSA) is 0 Å². The van der Waals surface area contributed by atoms with Crippen LogP contribution in [0.5, 0.6) is 0 Å². The van der Waals surface area contributed by atoms with Crippen LogP contribution in [0.2, 0.25) is 0 Å². The standard InChI is InChI=1S/2C18H15P.2BrH.Ni/c2*1-4-10-16(11-5-1)19(17-12-6-2-7-13-17)18-14-8-3-9-15-18;;;/h2*1-15H;2*1H;/q;;;;+2. The zero-order valence-electron chi connectivity index (χ0n) is 22.4. The maximum absolute atomic E-state index is 3.00. The number of rotatable bonds is 6. The monoisotopic (exact) mass is 742 g/mol. The summed E-state index contributed by atoms with van der Waals surface area (Å²) in [4.78, 5) is 0. The Labute approximate surface area is 267 Å². The molecule has 0 bridgehead atoms. The molecule has 0 saturated carbocycles. The largest absolute Gasteiger partial charge is 0.102 e. The average molecular weight is 745 g/mol. The number of hydrogen-bond donors (Lipinski definition) is 0. The second kappa shape index (κ2) is 18.2. The van der Waals surface area contributed by atoms with E-state index in [1.807, 2.05) is 0 Å². The van der Waals surface area contributed by atoms with Gasteiger partial charge in [0.1, 0.15) is 31.8 Å². The summed E-state index contributed by atoms with van der Waals surface area (Å²) in [5, 5.41) is 8.61. The Morgan fingerprint density at radius 3 is 0.512 bits per heavy atom. The molecule has 0 atom stereocenters. The Morgan fingerprint density at radius 2 is 0.390 bits per heavy atom. The second-order valence-electron chi connectivity index (χ2n) is 8.99. The fourth-order valence-electron chi connectivity index (χ4n) is 4.63. The van der Waals surface area contributed by atoms with Gasteiger partial charge in [-0.15, -0.1) is 0 Å². The molecule has 0 N–H and O–H groups in total. The van der Waals surface area contributed by atoms with Gasteiger partial charge in [0.05, 0.1) is 15.8 Å². The molecule has 0 nitrogen and oxygen atoms in total. The molecule has 0 aliphatic carbocycles. The molecule has 5 heteroatoms. The molecule has 6 rings (SSSR count). The van der Waals surface area contributed by atoms with Gasteiger partial charge in [-0.3, -0.25) is 0 Å². The fourth-order valence-corrected chi connectivity index (χ4v) is 9.78. The Morgan fingerprint density at radius 1 is 0.268 bits per heavy atom. The fraction of sp³-hybridized carbons (Fsp3) is 0. The number of halogens is 2. The first-order valence-corrected chi connectivity index (χ1v) is 21.1. The van der Waals surface area contributed by atoms with Gasteiger partial charge in [-0.2, -0.15) is 0 Å². The Kier molecular flexibility index (Phi) is 14.0. The minimum atomic E-state index is -0.877. The molecule has 0 aliphatic rings. The molecule has 41 heavy (non-hydrogen) atoms. The zero-order chi connectivity index (χ0) is 28.5. The molecule has 6 aromatic rings. The van der Waals surface area contributed by atoms with Gasteiger partial charge in [-0.25, -0.2) is 0 Å². The third-order valence-electron chi connectivity index (χ3n) is 6.37. The zero-order valence-corrected chi connectivity index (χ0v) is 28.6. The van der Waals surface area contributed by atoms with Crippen molar-refractivity contribution in [3.8, 4) is 0 Å². The first kappa shape index (κ1) is 31.6. The Balaban J connectivity index is 0.000000173. The third-order valence-corrected chi connectivity index (χ3v) is 11.8. The summed E-state index contributed by atoms with van der Waals surface area (Å²) in [5.41, 5.74) is 0. The molecule has 0 spiro atoms. The molecule has 0 unspecified atom stereocenters. The van der Waals surface area contributed by atoms with Crippen LogP contribution >= 0.6 is 44.3 Å². The smallest absolute Gasteiger partial charge is 0.0620 e. The van der Waals surface area contributed by atoms with Gasteiger partial charge >= 0.3 is 39.3 Å². The van der Waals surface area contributed by atoms with Gasteiger partial charge in [0.2, 0.25) is 0 Å². The Bertz CT molecular complexity index is 1200. The average Bonchev–Trinajstić information content (AvgIpc) is 3.05.